The summed E-state index contributed by atoms with van der Waals surface area (Å²) in [7, 11) is 3.03. The van der Waals surface area contributed by atoms with Crippen LogP contribution in [0.1, 0.15) is 31.2 Å². The summed E-state index contributed by atoms with van der Waals surface area (Å²) in [4.78, 5) is 81.6. The molecule has 1 fully saturated rings. The molecule has 3 rings (SSSR count). The van der Waals surface area contributed by atoms with E-state index in [-0.39, 0.29) is 71.9 Å². The van der Waals surface area contributed by atoms with E-state index in [1.165, 1.54) is 32.1 Å². The van der Waals surface area contributed by atoms with E-state index in [9.17, 15) is 49.3 Å². The number of hydrogen-bond donors (Lipinski definition) is 7. The molecule has 2 atom stereocenters. The van der Waals surface area contributed by atoms with Crippen molar-refractivity contribution in [3.05, 3.63) is 23.2 Å². The molecule has 0 bridgehead atoms. The van der Waals surface area contributed by atoms with Crippen LogP contribution in [-0.4, -0.2) is 171 Å². The van der Waals surface area contributed by atoms with Crippen molar-refractivity contribution in [3.63, 3.8) is 0 Å². The fraction of sp³-hybridized carbons (Fsp3) is 0.576. The SMILES string of the molecule is CCSSC[C@H](N)C(=O)N[C@@H](CCCCNC(=O)CN1CCN(CC(=O)O)CCN(CC(=O)O)CCN1CC(=O)O)C(=O)Nc1ccc2nc(C#N)sc2c1. The molecular weight excluding hydrogens is 777 g/mol. The molecule has 0 saturated carbocycles. The second-order valence-corrected chi connectivity index (χ2v) is 16.3. The number of fused-ring (bicyclic) bond motifs is 1. The molecule has 1 aliphatic rings. The molecule has 1 saturated heterocycles. The number of anilines is 1. The monoisotopic (exact) mass is 824 g/mol. The molecular formula is C33H48N10O9S3. The maximum absolute atomic E-state index is 13.5. The van der Waals surface area contributed by atoms with Crippen molar-refractivity contribution < 1.29 is 44.1 Å². The molecule has 0 aliphatic carbocycles. The van der Waals surface area contributed by atoms with E-state index in [4.69, 9.17) is 5.73 Å². The van der Waals surface area contributed by atoms with Crippen LogP contribution < -0.4 is 21.7 Å². The number of nitriles is 1. The molecule has 8 N–H and O–H groups in total. The Morgan fingerprint density at radius 2 is 1.51 bits per heavy atom. The average Bonchev–Trinajstić information content (AvgIpc) is 3.54. The largest absolute Gasteiger partial charge is 0.480 e. The molecule has 0 radical (unpaired) electrons. The molecule has 2 aromatic rings. The third kappa shape index (κ3) is 16.7. The van der Waals surface area contributed by atoms with Gasteiger partial charge in [-0.1, -0.05) is 28.5 Å². The average molecular weight is 825 g/mol. The van der Waals surface area contributed by atoms with E-state index in [2.05, 4.69) is 20.9 Å². The minimum absolute atomic E-state index is 0.125. The van der Waals surface area contributed by atoms with Crippen molar-refractivity contribution in [1.29, 1.82) is 5.26 Å². The highest BCUT2D eigenvalue weighted by Gasteiger charge is 2.27. The molecule has 1 aliphatic heterocycles. The summed E-state index contributed by atoms with van der Waals surface area (Å²) in [6.07, 6.45) is 1.08. The van der Waals surface area contributed by atoms with Gasteiger partial charge in [0.05, 0.1) is 35.9 Å². The third-order valence-corrected chi connectivity index (χ3v) is 11.7. The fourth-order valence-corrected chi connectivity index (χ4v) is 8.14. The Hall–Kier alpha value is -4.08. The summed E-state index contributed by atoms with van der Waals surface area (Å²) >= 11 is 1.19. The Morgan fingerprint density at radius 1 is 0.891 bits per heavy atom. The van der Waals surface area contributed by atoms with Gasteiger partial charge >= 0.3 is 17.9 Å². The number of carboxylic acids is 3. The zero-order valence-corrected chi connectivity index (χ0v) is 32.9. The van der Waals surface area contributed by atoms with Crippen molar-refractivity contribution in [3.8, 4) is 6.07 Å². The summed E-state index contributed by atoms with van der Waals surface area (Å²) in [6, 6.07) is 5.26. The number of benzene rings is 1. The molecule has 1 aromatic heterocycles. The van der Waals surface area contributed by atoms with Crippen LogP contribution in [0.2, 0.25) is 0 Å². The first-order valence-electron chi connectivity index (χ1n) is 17.6. The number of aromatic nitrogens is 1. The highest BCUT2D eigenvalue weighted by Crippen LogP contribution is 2.25. The van der Waals surface area contributed by atoms with Crippen molar-refractivity contribution in [2.45, 2.75) is 38.3 Å². The van der Waals surface area contributed by atoms with Crippen LogP contribution in [0, 0.1) is 11.3 Å². The first kappa shape index (κ1) is 45.3. The fourth-order valence-electron chi connectivity index (χ4n) is 5.55. The zero-order valence-electron chi connectivity index (χ0n) is 30.5. The van der Waals surface area contributed by atoms with Gasteiger partial charge in [-0.25, -0.2) is 15.0 Å². The number of nitrogens with zero attached hydrogens (tertiary/aromatic N) is 6. The number of aliphatic carboxylic acids is 3. The quantitative estimate of drug-likeness (QED) is 0.0644. The molecule has 302 valence electrons. The van der Waals surface area contributed by atoms with E-state index in [0.29, 0.717) is 39.5 Å². The first-order chi connectivity index (χ1) is 26.3. The summed E-state index contributed by atoms with van der Waals surface area (Å²) in [6.45, 7) is 2.04. The Kier molecular flexibility index (Phi) is 19.6. The Labute approximate surface area is 330 Å². The Balaban J connectivity index is 1.62. The number of amides is 3. The third-order valence-electron chi connectivity index (χ3n) is 8.25. The maximum atomic E-state index is 13.5. The molecule has 3 amide bonds. The van der Waals surface area contributed by atoms with Crippen LogP contribution in [-0.2, 0) is 28.8 Å². The van der Waals surface area contributed by atoms with E-state index in [0.717, 1.165) is 5.75 Å². The number of nitrogens with one attached hydrogen (secondary N) is 3. The van der Waals surface area contributed by atoms with Crippen LogP contribution >= 0.6 is 32.9 Å². The van der Waals surface area contributed by atoms with Gasteiger partial charge in [-0.3, -0.25) is 38.6 Å². The lowest BCUT2D eigenvalue weighted by molar-refractivity contribution is -0.149. The van der Waals surface area contributed by atoms with Crippen molar-refractivity contribution in [2.75, 3.05) is 88.8 Å². The first-order valence-corrected chi connectivity index (χ1v) is 20.9. The number of carbonyl (C=O) groups excluding carboxylic acids is 3. The van der Waals surface area contributed by atoms with Gasteiger partial charge in [0.25, 0.3) is 0 Å². The number of nitrogens with two attached hydrogens (primary N) is 1. The topological polar surface area (TPSA) is 275 Å². The van der Waals surface area contributed by atoms with E-state index >= 15 is 0 Å². The van der Waals surface area contributed by atoms with Gasteiger partial charge in [0.15, 0.2) is 5.01 Å². The summed E-state index contributed by atoms with van der Waals surface area (Å²) in [5.41, 5.74) is 7.18. The molecule has 0 spiro atoms. The molecule has 19 nitrogen and oxygen atoms in total. The standard InChI is InChI=1S/C33H48N10O9S3/c1-2-53-54-21-23(35)32(51)39-25(33(52)37-22-6-7-24-26(15-22)55-28(16-34)38-24)5-3-4-8-36-27(44)17-42-13-11-40(18-29(45)46)9-10-41(19-30(47)48)12-14-43(42)20-31(49)50/h6-7,15,23,25H,2-5,8-14,17-21,35H2,1H3,(H,36,44)(H,37,52)(H,39,51)(H,45,46)(H,47,48)(H,49,50)/t23-,25-/m0/s1. The minimum Gasteiger partial charge on any atom is -0.480 e. The van der Waals surface area contributed by atoms with Crippen molar-refractivity contribution in [1.82, 2.24) is 35.4 Å². The number of hydrazine groups is 1. The molecule has 2 heterocycles. The van der Waals surface area contributed by atoms with E-state index in [1.807, 2.05) is 13.0 Å². The van der Waals surface area contributed by atoms with Crippen LogP contribution in [0.25, 0.3) is 10.2 Å². The lowest BCUT2D eigenvalue weighted by Crippen LogP contribution is -2.56. The van der Waals surface area contributed by atoms with Crippen LogP contribution in [0.3, 0.4) is 0 Å². The number of thiazole rings is 1. The zero-order chi connectivity index (χ0) is 40.3. The van der Waals surface area contributed by atoms with Gasteiger partial charge in [0, 0.05) is 63.0 Å². The van der Waals surface area contributed by atoms with Crippen LogP contribution in [0.4, 0.5) is 5.69 Å². The lowest BCUT2D eigenvalue weighted by Gasteiger charge is -2.38. The number of hydrogen-bond acceptors (Lipinski definition) is 16. The highest BCUT2D eigenvalue weighted by atomic mass is 33.1. The van der Waals surface area contributed by atoms with Gasteiger partial charge in [-0.15, -0.1) is 11.3 Å². The van der Waals surface area contributed by atoms with Gasteiger partial charge in [0.2, 0.25) is 17.7 Å². The van der Waals surface area contributed by atoms with Crippen molar-refractivity contribution in [2.24, 2.45) is 5.73 Å². The van der Waals surface area contributed by atoms with Gasteiger partial charge in [-0.05, 0) is 37.5 Å². The van der Waals surface area contributed by atoms with Crippen LogP contribution in [0.5, 0.6) is 0 Å². The van der Waals surface area contributed by atoms with Crippen molar-refractivity contribution >= 4 is 84.5 Å². The lowest BCUT2D eigenvalue weighted by atomic mass is 10.1. The second kappa shape index (κ2) is 23.8. The van der Waals surface area contributed by atoms with Gasteiger partial charge in [-0.2, -0.15) is 5.26 Å². The number of unbranched alkanes of at least 4 members (excludes halogenated alkanes) is 1. The predicted octanol–water partition coefficient (Wildman–Crippen LogP) is -0.00322. The summed E-state index contributed by atoms with van der Waals surface area (Å²) in [5.74, 6) is -3.48. The molecule has 55 heavy (non-hydrogen) atoms. The number of carboxylic acid groups (broad SMARTS) is 3. The predicted molar refractivity (Wildman–Crippen MR) is 209 cm³/mol. The highest BCUT2D eigenvalue weighted by molar-refractivity contribution is 8.76. The van der Waals surface area contributed by atoms with Gasteiger partial charge in [0.1, 0.15) is 18.7 Å². The number of rotatable bonds is 21. The van der Waals surface area contributed by atoms with E-state index in [1.54, 1.807) is 38.8 Å². The Morgan fingerprint density at radius 3 is 2.11 bits per heavy atom. The summed E-state index contributed by atoms with van der Waals surface area (Å²) < 4.78 is 0.712. The van der Waals surface area contributed by atoms with Crippen LogP contribution in [0.15, 0.2) is 18.2 Å². The van der Waals surface area contributed by atoms with Gasteiger partial charge < -0.3 is 37.0 Å². The maximum Gasteiger partial charge on any atom is 0.319 e. The smallest absolute Gasteiger partial charge is 0.319 e. The normalized spacial score (nSPS) is 16.1. The number of carbonyl (C=O) groups is 6. The molecule has 0 unspecified atom stereocenters. The Bertz CT molecular complexity index is 1680. The van der Waals surface area contributed by atoms with E-state index < -0.39 is 54.3 Å². The summed E-state index contributed by atoms with van der Waals surface area (Å²) in [5, 5.41) is 49.2. The minimum atomic E-state index is -1.16. The second-order valence-electron chi connectivity index (χ2n) is 12.5. The molecule has 1 aromatic carbocycles. The molecule has 22 heteroatoms.